The van der Waals surface area contributed by atoms with E-state index in [1.807, 2.05) is 18.2 Å². The molecule has 0 aliphatic heterocycles. The van der Waals surface area contributed by atoms with Gasteiger partial charge in [-0.05, 0) is 12.1 Å². The van der Waals surface area contributed by atoms with Crippen molar-refractivity contribution in [3.05, 3.63) is 27.5 Å². The third-order valence-electron chi connectivity index (χ3n) is 2.25. The lowest BCUT2D eigenvalue weighted by molar-refractivity contribution is 0.0963. The molecule has 0 saturated heterocycles. The molecule has 2 aromatic rings. The first-order chi connectivity index (χ1) is 8.13. The van der Waals surface area contributed by atoms with E-state index in [0.717, 1.165) is 14.6 Å². The third kappa shape index (κ3) is 2.28. The standard InChI is InChI=1S/C12H9BrN2OS/c1-2-5-15-12(16)11-10(14)8-4-3-7(13)6-9(8)17-11/h1,3-4,6H,5,14H2,(H,15,16). The van der Waals surface area contributed by atoms with Crippen LogP contribution < -0.4 is 11.1 Å². The Morgan fingerprint density at radius 3 is 3.06 bits per heavy atom. The number of fused-ring (bicyclic) bond motifs is 1. The fourth-order valence-corrected chi connectivity index (χ4v) is 3.06. The number of nitrogens with two attached hydrogens (primary N) is 1. The maximum Gasteiger partial charge on any atom is 0.264 e. The molecule has 2 rings (SSSR count). The largest absolute Gasteiger partial charge is 0.397 e. The second kappa shape index (κ2) is 4.78. The molecule has 1 aromatic carbocycles. The summed E-state index contributed by atoms with van der Waals surface area (Å²) in [7, 11) is 0. The molecule has 1 heterocycles. The smallest absolute Gasteiger partial charge is 0.264 e. The number of anilines is 1. The molecule has 0 unspecified atom stereocenters. The van der Waals surface area contributed by atoms with Crippen molar-refractivity contribution >= 4 is 48.9 Å². The maximum atomic E-state index is 11.8. The Hall–Kier alpha value is -1.51. The van der Waals surface area contributed by atoms with E-state index >= 15 is 0 Å². The highest BCUT2D eigenvalue weighted by atomic mass is 79.9. The Bertz CT molecular complexity index is 627. The summed E-state index contributed by atoms with van der Waals surface area (Å²) in [5, 5.41) is 3.50. The van der Waals surface area contributed by atoms with Gasteiger partial charge in [0.05, 0.1) is 12.2 Å². The lowest BCUT2D eigenvalue weighted by atomic mass is 10.2. The fraction of sp³-hybridized carbons (Fsp3) is 0.0833. The van der Waals surface area contributed by atoms with Crippen LogP contribution in [0.1, 0.15) is 9.67 Å². The summed E-state index contributed by atoms with van der Waals surface area (Å²) in [4.78, 5) is 12.3. The average molecular weight is 309 g/mol. The summed E-state index contributed by atoms with van der Waals surface area (Å²) in [6.45, 7) is 0.205. The zero-order valence-corrected chi connectivity index (χ0v) is 11.2. The number of nitrogen functional groups attached to an aromatic ring is 1. The number of hydrogen-bond donors (Lipinski definition) is 2. The van der Waals surface area contributed by atoms with Gasteiger partial charge in [0.2, 0.25) is 0 Å². The van der Waals surface area contributed by atoms with Crippen LogP contribution in [0.3, 0.4) is 0 Å². The Balaban J connectivity index is 2.45. The van der Waals surface area contributed by atoms with Crippen LogP contribution in [0, 0.1) is 12.3 Å². The Morgan fingerprint density at radius 1 is 1.59 bits per heavy atom. The van der Waals surface area contributed by atoms with Crippen LogP contribution in [0.5, 0.6) is 0 Å². The van der Waals surface area contributed by atoms with Crippen molar-refractivity contribution < 1.29 is 4.79 Å². The highest BCUT2D eigenvalue weighted by molar-refractivity contribution is 9.10. The lowest BCUT2D eigenvalue weighted by Crippen LogP contribution is -2.23. The van der Waals surface area contributed by atoms with Crippen molar-refractivity contribution in [2.45, 2.75) is 0 Å². The van der Waals surface area contributed by atoms with Crippen molar-refractivity contribution in [1.29, 1.82) is 0 Å². The van der Waals surface area contributed by atoms with Crippen LogP contribution in [-0.2, 0) is 0 Å². The zero-order valence-electron chi connectivity index (χ0n) is 8.79. The van der Waals surface area contributed by atoms with E-state index in [0.29, 0.717) is 10.6 Å². The monoisotopic (exact) mass is 308 g/mol. The van der Waals surface area contributed by atoms with E-state index in [1.165, 1.54) is 11.3 Å². The number of thiophene rings is 1. The van der Waals surface area contributed by atoms with Crippen LogP contribution in [0.4, 0.5) is 5.69 Å². The normalized spacial score (nSPS) is 10.1. The number of benzene rings is 1. The quantitative estimate of drug-likeness (QED) is 0.838. The minimum absolute atomic E-state index is 0.205. The predicted octanol–water partition coefficient (Wildman–Crippen LogP) is 2.61. The van der Waals surface area contributed by atoms with Crippen LogP contribution in [0.25, 0.3) is 10.1 Å². The molecule has 0 saturated carbocycles. The molecule has 0 spiro atoms. The summed E-state index contributed by atoms with van der Waals surface area (Å²) < 4.78 is 1.93. The molecule has 3 nitrogen and oxygen atoms in total. The van der Waals surface area contributed by atoms with E-state index in [4.69, 9.17) is 12.2 Å². The van der Waals surface area contributed by atoms with Crippen LogP contribution in [0.15, 0.2) is 22.7 Å². The number of rotatable bonds is 2. The molecule has 0 atom stereocenters. The molecule has 17 heavy (non-hydrogen) atoms. The molecule has 0 bridgehead atoms. The van der Waals surface area contributed by atoms with E-state index in [1.54, 1.807) is 0 Å². The van der Waals surface area contributed by atoms with Gasteiger partial charge in [0.15, 0.2) is 0 Å². The molecule has 5 heteroatoms. The average Bonchev–Trinajstić information content (AvgIpc) is 2.63. The fourth-order valence-electron chi connectivity index (χ4n) is 1.47. The SMILES string of the molecule is C#CCNC(=O)c1sc2cc(Br)ccc2c1N. The summed E-state index contributed by atoms with van der Waals surface area (Å²) in [6, 6.07) is 5.73. The Labute approximate surface area is 111 Å². The first kappa shape index (κ1) is 12.0. The number of terminal acetylenes is 1. The molecule has 1 amide bonds. The highest BCUT2D eigenvalue weighted by Crippen LogP contribution is 2.35. The first-order valence-electron chi connectivity index (χ1n) is 4.82. The number of carbonyl (C=O) groups excluding carboxylic acids is 1. The lowest BCUT2D eigenvalue weighted by Gasteiger charge is -1.99. The zero-order chi connectivity index (χ0) is 12.4. The van der Waals surface area contributed by atoms with Gasteiger partial charge < -0.3 is 11.1 Å². The van der Waals surface area contributed by atoms with Crippen molar-refractivity contribution in [3.63, 3.8) is 0 Å². The molecule has 3 N–H and O–H groups in total. The van der Waals surface area contributed by atoms with Crippen molar-refractivity contribution in [2.75, 3.05) is 12.3 Å². The summed E-state index contributed by atoms with van der Waals surface area (Å²) in [6.07, 6.45) is 5.09. The number of nitrogens with one attached hydrogen (secondary N) is 1. The second-order valence-electron chi connectivity index (χ2n) is 3.37. The number of halogens is 1. The van der Waals surface area contributed by atoms with Gasteiger partial charge in [-0.1, -0.05) is 27.9 Å². The Kier molecular flexibility index (Phi) is 3.36. The second-order valence-corrected chi connectivity index (χ2v) is 5.34. The Morgan fingerprint density at radius 2 is 2.35 bits per heavy atom. The van der Waals surface area contributed by atoms with Gasteiger partial charge >= 0.3 is 0 Å². The molecule has 0 aliphatic carbocycles. The third-order valence-corrected chi connectivity index (χ3v) is 3.91. The van der Waals surface area contributed by atoms with Crippen LogP contribution in [-0.4, -0.2) is 12.5 Å². The van der Waals surface area contributed by atoms with E-state index in [9.17, 15) is 4.79 Å². The molecule has 0 radical (unpaired) electrons. The first-order valence-corrected chi connectivity index (χ1v) is 6.43. The number of carbonyl (C=O) groups is 1. The molecule has 0 aliphatic rings. The van der Waals surface area contributed by atoms with Gasteiger partial charge in [-0.25, -0.2) is 0 Å². The van der Waals surface area contributed by atoms with E-state index in [2.05, 4.69) is 27.2 Å². The van der Waals surface area contributed by atoms with Crippen molar-refractivity contribution in [3.8, 4) is 12.3 Å². The van der Waals surface area contributed by atoms with Gasteiger partial charge in [-0.2, -0.15) is 0 Å². The van der Waals surface area contributed by atoms with Gasteiger partial charge in [-0.3, -0.25) is 4.79 Å². The highest BCUT2D eigenvalue weighted by Gasteiger charge is 2.15. The van der Waals surface area contributed by atoms with Crippen molar-refractivity contribution in [1.82, 2.24) is 5.32 Å². The minimum atomic E-state index is -0.224. The summed E-state index contributed by atoms with van der Waals surface area (Å²) in [5.41, 5.74) is 6.45. The summed E-state index contributed by atoms with van der Waals surface area (Å²) >= 11 is 4.74. The summed E-state index contributed by atoms with van der Waals surface area (Å²) in [5.74, 6) is 2.13. The molecule has 86 valence electrons. The maximum absolute atomic E-state index is 11.8. The van der Waals surface area contributed by atoms with E-state index in [-0.39, 0.29) is 12.5 Å². The molecule has 0 fully saturated rings. The van der Waals surface area contributed by atoms with Crippen molar-refractivity contribution in [2.24, 2.45) is 0 Å². The topological polar surface area (TPSA) is 55.1 Å². The van der Waals surface area contributed by atoms with Gasteiger partial charge in [0.25, 0.3) is 5.91 Å². The van der Waals surface area contributed by atoms with Gasteiger partial charge in [0.1, 0.15) is 4.88 Å². The minimum Gasteiger partial charge on any atom is -0.397 e. The predicted molar refractivity (Wildman–Crippen MR) is 75.1 cm³/mol. The molecular formula is C12H9BrN2OS. The van der Waals surface area contributed by atoms with Crippen LogP contribution in [0.2, 0.25) is 0 Å². The van der Waals surface area contributed by atoms with Gasteiger partial charge in [0, 0.05) is 14.6 Å². The molecule has 1 aromatic heterocycles. The molecular weight excluding hydrogens is 300 g/mol. The van der Waals surface area contributed by atoms with Gasteiger partial charge in [-0.15, -0.1) is 17.8 Å². The number of hydrogen-bond acceptors (Lipinski definition) is 3. The van der Waals surface area contributed by atoms with Crippen LogP contribution >= 0.6 is 27.3 Å². The number of amides is 1. The van der Waals surface area contributed by atoms with E-state index < -0.39 is 0 Å².